The summed E-state index contributed by atoms with van der Waals surface area (Å²) in [6.45, 7) is 6.29. The molecule has 0 aliphatic carbocycles. The zero-order valence-corrected chi connectivity index (χ0v) is 16.9. The van der Waals surface area contributed by atoms with Crippen LogP contribution >= 0.6 is 0 Å². The molecule has 1 aliphatic heterocycles. The largest absolute Gasteiger partial charge is 0.508 e. The second-order valence-electron chi connectivity index (χ2n) is 7.98. The molecule has 3 aromatic rings. The van der Waals surface area contributed by atoms with Crippen LogP contribution < -0.4 is 10.2 Å². The van der Waals surface area contributed by atoms with Crippen LogP contribution in [0.5, 0.6) is 11.5 Å². The van der Waals surface area contributed by atoms with Crippen LogP contribution in [0.3, 0.4) is 0 Å². The normalized spacial score (nSPS) is 17.6. The molecular formula is C25H24O4. The summed E-state index contributed by atoms with van der Waals surface area (Å²) >= 11 is 0. The van der Waals surface area contributed by atoms with Crippen molar-refractivity contribution >= 4 is 17.0 Å². The summed E-state index contributed by atoms with van der Waals surface area (Å²) in [4.78, 5) is 12.9. The van der Waals surface area contributed by atoms with Gasteiger partial charge in [-0.25, -0.2) is 0 Å². The van der Waals surface area contributed by atoms with E-state index < -0.39 is 0 Å². The van der Waals surface area contributed by atoms with Crippen molar-refractivity contribution in [3.8, 4) is 22.6 Å². The van der Waals surface area contributed by atoms with E-state index in [1.54, 1.807) is 6.07 Å². The number of fused-ring (bicyclic) bond motifs is 2. The summed E-state index contributed by atoms with van der Waals surface area (Å²) in [6, 6.07) is 10.3. The van der Waals surface area contributed by atoms with Gasteiger partial charge in [0.25, 0.3) is 0 Å². The van der Waals surface area contributed by atoms with E-state index in [0.717, 1.165) is 29.7 Å². The fourth-order valence-corrected chi connectivity index (χ4v) is 3.59. The molecule has 2 heterocycles. The molecule has 1 aromatic heterocycles. The van der Waals surface area contributed by atoms with Gasteiger partial charge < -0.3 is 14.3 Å². The quantitative estimate of drug-likeness (QED) is 0.551. The van der Waals surface area contributed by atoms with Crippen LogP contribution in [-0.4, -0.2) is 10.7 Å². The van der Waals surface area contributed by atoms with E-state index >= 15 is 0 Å². The molecule has 0 amide bonds. The zero-order valence-electron chi connectivity index (χ0n) is 16.9. The third-order valence-corrected chi connectivity index (χ3v) is 5.23. The highest BCUT2D eigenvalue weighted by atomic mass is 16.5. The summed E-state index contributed by atoms with van der Waals surface area (Å²) in [5.74, 6) is 0.878. The van der Waals surface area contributed by atoms with Gasteiger partial charge in [0.1, 0.15) is 28.9 Å². The molecule has 0 radical (unpaired) electrons. The van der Waals surface area contributed by atoms with Gasteiger partial charge in [0.05, 0.1) is 10.9 Å². The van der Waals surface area contributed by atoms with Gasteiger partial charge in [-0.2, -0.15) is 0 Å². The average molecular weight is 388 g/mol. The van der Waals surface area contributed by atoms with Crippen LogP contribution in [0.15, 0.2) is 69.6 Å². The van der Waals surface area contributed by atoms with Crippen LogP contribution in [0.2, 0.25) is 0 Å². The monoisotopic (exact) mass is 388 g/mol. The first-order valence-electron chi connectivity index (χ1n) is 9.75. The Kier molecular flexibility index (Phi) is 4.79. The fourth-order valence-electron chi connectivity index (χ4n) is 3.59. The van der Waals surface area contributed by atoms with Gasteiger partial charge in [-0.3, -0.25) is 4.79 Å². The van der Waals surface area contributed by atoms with Gasteiger partial charge in [-0.05, 0) is 69.5 Å². The molecule has 1 atom stereocenters. The van der Waals surface area contributed by atoms with Crippen LogP contribution in [0.4, 0.5) is 0 Å². The lowest BCUT2D eigenvalue weighted by atomic mass is 9.93. The van der Waals surface area contributed by atoms with Gasteiger partial charge in [-0.1, -0.05) is 23.8 Å². The van der Waals surface area contributed by atoms with E-state index in [4.69, 9.17) is 9.15 Å². The first-order chi connectivity index (χ1) is 13.8. The molecule has 2 aromatic carbocycles. The van der Waals surface area contributed by atoms with E-state index in [0.29, 0.717) is 16.5 Å². The number of rotatable bonds is 4. The molecule has 4 heteroatoms. The van der Waals surface area contributed by atoms with Crippen molar-refractivity contribution in [1.82, 2.24) is 0 Å². The SMILES string of the molecule is CC(C)=CCC[C@]1(C)C=Cc2cc(-c3coc4cc(O)ccc4c3=O)ccc2O1. The number of hydrogen-bond acceptors (Lipinski definition) is 4. The lowest BCUT2D eigenvalue weighted by Gasteiger charge is -2.31. The number of phenolic OH excluding ortho intramolecular Hbond substituents is 1. The molecule has 0 fully saturated rings. The maximum atomic E-state index is 12.9. The Hall–Kier alpha value is -3.27. The summed E-state index contributed by atoms with van der Waals surface area (Å²) in [5, 5.41) is 10.0. The Morgan fingerprint density at radius 1 is 1.17 bits per heavy atom. The lowest BCUT2D eigenvalue weighted by molar-refractivity contribution is 0.129. The molecule has 0 spiro atoms. The van der Waals surface area contributed by atoms with Crippen molar-refractivity contribution < 1.29 is 14.3 Å². The molecule has 29 heavy (non-hydrogen) atoms. The Balaban J connectivity index is 1.65. The molecule has 4 rings (SSSR count). The summed E-state index contributed by atoms with van der Waals surface area (Å²) in [7, 11) is 0. The smallest absolute Gasteiger partial charge is 0.200 e. The van der Waals surface area contributed by atoms with Crippen molar-refractivity contribution in [3.05, 3.63) is 76.2 Å². The highest BCUT2D eigenvalue weighted by Gasteiger charge is 2.27. The second kappa shape index (κ2) is 7.28. The van der Waals surface area contributed by atoms with E-state index in [-0.39, 0.29) is 16.8 Å². The molecule has 0 saturated carbocycles. The van der Waals surface area contributed by atoms with Crippen LogP contribution in [0.25, 0.3) is 28.2 Å². The molecule has 1 N–H and O–H groups in total. The third-order valence-electron chi connectivity index (χ3n) is 5.23. The van der Waals surface area contributed by atoms with Gasteiger partial charge >= 0.3 is 0 Å². The third kappa shape index (κ3) is 3.83. The summed E-state index contributed by atoms with van der Waals surface area (Å²) < 4.78 is 11.8. The zero-order chi connectivity index (χ0) is 20.6. The molecule has 4 nitrogen and oxygen atoms in total. The molecule has 0 unspecified atom stereocenters. The highest BCUT2D eigenvalue weighted by Crippen LogP contribution is 2.36. The predicted octanol–water partition coefficient (Wildman–Crippen LogP) is 6.08. The first-order valence-corrected chi connectivity index (χ1v) is 9.75. The highest BCUT2D eigenvalue weighted by molar-refractivity contribution is 5.83. The standard InChI is InChI=1S/C25H24O4/c1-16(2)5-4-11-25(3)12-10-18-13-17(6-9-22(18)29-25)21-15-28-23-14-19(26)7-8-20(23)24(21)27/h5-10,12-15,26H,4,11H2,1-3H3/t25-/m1/s1. The van der Waals surface area contributed by atoms with Crippen molar-refractivity contribution in [1.29, 1.82) is 0 Å². The minimum Gasteiger partial charge on any atom is -0.508 e. The summed E-state index contributed by atoms with van der Waals surface area (Å²) in [5.41, 5.74) is 3.40. The number of allylic oxidation sites excluding steroid dienone is 2. The number of ether oxygens (including phenoxy) is 1. The van der Waals surface area contributed by atoms with E-state index in [1.165, 1.54) is 24.0 Å². The molecule has 0 bridgehead atoms. The molecule has 0 saturated heterocycles. The Morgan fingerprint density at radius 2 is 2.00 bits per heavy atom. The summed E-state index contributed by atoms with van der Waals surface area (Å²) in [6.07, 6.45) is 9.68. The fraction of sp³-hybridized carbons (Fsp3) is 0.240. The first kappa shape index (κ1) is 19.1. The van der Waals surface area contributed by atoms with E-state index in [9.17, 15) is 9.90 Å². The number of phenols is 1. The van der Waals surface area contributed by atoms with Gasteiger partial charge in [0.2, 0.25) is 0 Å². The number of aromatic hydroxyl groups is 1. The van der Waals surface area contributed by atoms with Crippen molar-refractivity contribution in [2.24, 2.45) is 0 Å². The van der Waals surface area contributed by atoms with Crippen molar-refractivity contribution in [2.75, 3.05) is 0 Å². The van der Waals surface area contributed by atoms with E-state index in [1.807, 2.05) is 18.2 Å². The minimum atomic E-state index is -0.343. The van der Waals surface area contributed by atoms with Crippen molar-refractivity contribution in [2.45, 2.75) is 39.2 Å². The Bertz CT molecular complexity index is 1200. The number of hydrogen-bond donors (Lipinski definition) is 1. The Morgan fingerprint density at radius 3 is 2.79 bits per heavy atom. The Labute approximate surface area is 169 Å². The average Bonchev–Trinajstić information content (AvgIpc) is 2.67. The molecular weight excluding hydrogens is 364 g/mol. The molecule has 148 valence electrons. The van der Waals surface area contributed by atoms with Gasteiger partial charge in [-0.15, -0.1) is 0 Å². The maximum Gasteiger partial charge on any atom is 0.200 e. The minimum absolute atomic E-state index is 0.0668. The van der Waals surface area contributed by atoms with Crippen LogP contribution in [0.1, 0.15) is 39.2 Å². The maximum absolute atomic E-state index is 12.9. The van der Waals surface area contributed by atoms with Crippen LogP contribution in [-0.2, 0) is 0 Å². The predicted molar refractivity (Wildman–Crippen MR) is 116 cm³/mol. The topological polar surface area (TPSA) is 59.7 Å². The van der Waals surface area contributed by atoms with Crippen LogP contribution in [0, 0.1) is 0 Å². The van der Waals surface area contributed by atoms with E-state index in [2.05, 4.69) is 39.0 Å². The number of benzene rings is 2. The van der Waals surface area contributed by atoms with Crippen molar-refractivity contribution in [3.63, 3.8) is 0 Å². The lowest BCUT2D eigenvalue weighted by Crippen LogP contribution is -2.31. The van der Waals surface area contributed by atoms with Gasteiger partial charge in [0.15, 0.2) is 5.43 Å². The van der Waals surface area contributed by atoms with Gasteiger partial charge in [0, 0.05) is 11.6 Å². The molecule has 1 aliphatic rings. The second-order valence-corrected chi connectivity index (χ2v) is 7.98.